The molecule has 2 aromatic carbocycles. The highest BCUT2D eigenvalue weighted by Crippen LogP contribution is 2.31. The van der Waals surface area contributed by atoms with E-state index >= 15 is 0 Å². The molecule has 2 aromatic rings. The minimum Gasteiger partial charge on any atom is -0.490 e. The molecule has 1 heterocycles. The highest BCUT2D eigenvalue weighted by atomic mass is 32.1. The summed E-state index contributed by atoms with van der Waals surface area (Å²) in [5.41, 5.74) is 1.96. The zero-order chi connectivity index (χ0) is 23.4. The molecule has 1 atom stereocenters. The number of benzene rings is 2. The van der Waals surface area contributed by atoms with Crippen LogP contribution in [0, 0.1) is 6.92 Å². The van der Waals surface area contributed by atoms with Crippen molar-refractivity contribution in [3.63, 3.8) is 0 Å². The molecule has 0 saturated carbocycles. The van der Waals surface area contributed by atoms with Crippen LogP contribution >= 0.6 is 12.2 Å². The van der Waals surface area contributed by atoms with E-state index in [-0.39, 0.29) is 16.4 Å². The summed E-state index contributed by atoms with van der Waals surface area (Å²) in [7, 11) is 0. The Hall–Kier alpha value is -3.72. The van der Waals surface area contributed by atoms with E-state index < -0.39 is 23.9 Å². The van der Waals surface area contributed by atoms with Crippen LogP contribution in [0.4, 0.5) is 5.69 Å². The molecule has 1 aliphatic heterocycles. The van der Waals surface area contributed by atoms with Gasteiger partial charge in [0.15, 0.2) is 22.7 Å². The van der Waals surface area contributed by atoms with Crippen LogP contribution in [0.1, 0.15) is 25.0 Å². The predicted molar refractivity (Wildman–Crippen MR) is 123 cm³/mol. The number of carbonyl (C=O) groups excluding carboxylic acids is 2. The van der Waals surface area contributed by atoms with Gasteiger partial charge in [0, 0.05) is 0 Å². The van der Waals surface area contributed by atoms with E-state index in [1.165, 1.54) is 24.0 Å². The van der Waals surface area contributed by atoms with Gasteiger partial charge in [-0.15, -0.1) is 0 Å². The molecule has 1 fully saturated rings. The van der Waals surface area contributed by atoms with E-state index in [1.54, 1.807) is 31.2 Å². The number of nitrogens with one attached hydrogen (secondary N) is 1. The predicted octanol–water partition coefficient (Wildman–Crippen LogP) is 3.08. The molecule has 2 N–H and O–H groups in total. The first kappa shape index (κ1) is 23.0. The third-order valence-electron chi connectivity index (χ3n) is 4.62. The standard InChI is InChI=1S/C23H22N2O6S/c1-4-30-19-12-15(7-10-18(19)31-14(3)22(28)29)11-17-20(26)24-23(32)25(21(17)27)16-8-5-13(2)6-9-16/h5-12,14H,4H2,1-3H3,(H,28,29)(H,24,26,32). The molecule has 1 unspecified atom stereocenters. The Bertz CT molecular complexity index is 1110. The van der Waals surface area contributed by atoms with Crippen molar-refractivity contribution in [3.05, 3.63) is 59.2 Å². The fourth-order valence-corrected chi connectivity index (χ4v) is 3.25. The summed E-state index contributed by atoms with van der Waals surface area (Å²) < 4.78 is 11.0. The van der Waals surface area contributed by atoms with Crippen molar-refractivity contribution in [2.45, 2.75) is 26.9 Å². The van der Waals surface area contributed by atoms with Gasteiger partial charge in [0.2, 0.25) is 0 Å². The lowest BCUT2D eigenvalue weighted by Crippen LogP contribution is -2.54. The van der Waals surface area contributed by atoms with Crippen LogP contribution in [0.25, 0.3) is 6.08 Å². The largest absolute Gasteiger partial charge is 0.490 e. The second kappa shape index (κ2) is 9.61. The monoisotopic (exact) mass is 454 g/mol. The van der Waals surface area contributed by atoms with Gasteiger partial charge in [-0.3, -0.25) is 19.8 Å². The summed E-state index contributed by atoms with van der Waals surface area (Å²) in [6, 6.07) is 11.9. The van der Waals surface area contributed by atoms with Crippen molar-refractivity contribution >= 4 is 46.9 Å². The minimum atomic E-state index is -1.12. The van der Waals surface area contributed by atoms with Gasteiger partial charge in [0.1, 0.15) is 5.57 Å². The number of aliphatic carboxylic acids is 1. The number of carbonyl (C=O) groups is 3. The molecule has 9 heteroatoms. The molecule has 3 rings (SSSR count). The number of hydrogen-bond acceptors (Lipinski definition) is 6. The Kier molecular flexibility index (Phi) is 6.89. The lowest BCUT2D eigenvalue weighted by Gasteiger charge is -2.29. The normalized spacial score (nSPS) is 16.0. The Balaban J connectivity index is 1.96. The maximum atomic E-state index is 13.1. The van der Waals surface area contributed by atoms with E-state index in [2.05, 4.69) is 5.32 Å². The zero-order valence-electron chi connectivity index (χ0n) is 17.7. The lowest BCUT2D eigenvalue weighted by atomic mass is 10.1. The fraction of sp³-hybridized carbons (Fsp3) is 0.217. The average molecular weight is 455 g/mol. The topological polar surface area (TPSA) is 105 Å². The van der Waals surface area contributed by atoms with Crippen molar-refractivity contribution < 1.29 is 29.0 Å². The first-order valence-corrected chi connectivity index (χ1v) is 10.3. The summed E-state index contributed by atoms with van der Waals surface area (Å²) >= 11 is 5.21. The number of hydrogen-bond donors (Lipinski definition) is 2. The number of rotatable bonds is 7. The molecule has 2 amide bonds. The highest BCUT2D eigenvalue weighted by Gasteiger charge is 2.34. The highest BCUT2D eigenvalue weighted by molar-refractivity contribution is 7.80. The quantitative estimate of drug-likeness (QED) is 0.376. The number of carboxylic acids is 1. The van der Waals surface area contributed by atoms with Gasteiger partial charge in [-0.2, -0.15) is 0 Å². The number of amides is 2. The van der Waals surface area contributed by atoms with Crippen LogP contribution in [0.3, 0.4) is 0 Å². The van der Waals surface area contributed by atoms with Gasteiger partial charge in [-0.25, -0.2) is 4.79 Å². The second-order valence-corrected chi connectivity index (χ2v) is 7.42. The van der Waals surface area contributed by atoms with Crippen molar-refractivity contribution in [2.75, 3.05) is 11.5 Å². The van der Waals surface area contributed by atoms with Gasteiger partial charge in [-0.05, 0) is 68.9 Å². The van der Waals surface area contributed by atoms with Gasteiger partial charge in [0.05, 0.1) is 12.3 Å². The van der Waals surface area contributed by atoms with Crippen molar-refractivity contribution in [1.29, 1.82) is 0 Å². The molecule has 0 spiro atoms. The second-order valence-electron chi connectivity index (χ2n) is 7.03. The van der Waals surface area contributed by atoms with Crippen molar-refractivity contribution in [3.8, 4) is 11.5 Å². The first-order valence-electron chi connectivity index (χ1n) is 9.85. The van der Waals surface area contributed by atoms with E-state index in [0.29, 0.717) is 23.6 Å². The Morgan fingerprint density at radius 1 is 1.19 bits per heavy atom. The molecular formula is C23H22N2O6S. The fourth-order valence-electron chi connectivity index (χ4n) is 2.97. The first-order chi connectivity index (χ1) is 15.2. The molecule has 0 aliphatic carbocycles. The Morgan fingerprint density at radius 2 is 1.88 bits per heavy atom. The van der Waals surface area contributed by atoms with Gasteiger partial charge < -0.3 is 14.6 Å². The van der Waals surface area contributed by atoms with Crippen molar-refractivity contribution in [2.24, 2.45) is 0 Å². The number of ether oxygens (including phenoxy) is 2. The summed E-state index contributed by atoms with van der Waals surface area (Å²) in [4.78, 5) is 38.0. The van der Waals surface area contributed by atoms with Crippen LogP contribution in [-0.4, -0.2) is 40.7 Å². The van der Waals surface area contributed by atoms with Crippen LogP contribution in [-0.2, 0) is 14.4 Å². The smallest absolute Gasteiger partial charge is 0.344 e. The van der Waals surface area contributed by atoms with Gasteiger partial charge in [-0.1, -0.05) is 23.8 Å². The van der Waals surface area contributed by atoms with E-state index in [9.17, 15) is 14.4 Å². The van der Waals surface area contributed by atoms with Crippen LogP contribution in [0.15, 0.2) is 48.0 Å². The molecule has 0 radical (unpaired) electrons. The summed E-state index contributed by atoms with van der Waals surface area (Å²) in [5.74, 6) is -1.74. The van der Waals surface area contributed by atoms with Gasteiger partial charge >= 0.3 is 5.97 Å². The third kappa shape index (κ3) is 4.94. The number of aryl methyl sites for hydroxylation is 1. The van der Waals surface area contributed by atoms with Crippen LogP contribution in [0.5, 0.6) is 11.5 Å². The number of nitrogens with zero attached hydrogens (tertiary/aromatic N) is 1. The molecule has 1 aliphatic rings. The third-order valence-corrected chi connectivity index (χ3v) is 4.91. The SMILES string of the molecule is CCOc1cc(C=C2C(=O)NC(=S)N(c3ccc(C)cc3)C2=O)ccc1OC(C)C(=O)O. The maximum absolute atomic E-state index is 13.1. The van der Waals surface area contributed by atoms with Gasteiger partial charge in [0.25, 0.3) is 11.8 Å². The summed E-state index contributed by atoms with van der Waals surface area (Å²) in [6.45, 7) is 5.41. The van der Waals surface area contributed by atoms with E-state index in [1.807, 2.05) is 19.1 Å². The summed E-state index contributed by atoms with van der Waals surface area (Å²) in [6.07, 6.45) is 0.348. The lowest BCUT2D eigenvalue weighted by molar-refractivity contribution is -0.144. The van der Waals surface area contributed by atoms with Crippen LogP contribution < -0.4 is 19.7 Å². The maximum Gasteiger partial charge on any atom is 0.344 e. The average Bonchev–Trinajstić information content (AvgIpc) is 2.74. The Morgan fingerprint density at radius 3 is 2.50 bits per heavy atom. The molecule has 166 valence electrons. The molecule has 0 aromatic heterocycles. The Labute approximate surface area is 190 Å². The van der Waals surface area contributed by atoms with Crippen molar-refractivity contribution in [1.82, 2.24) is 5.32 Å². The molecule has 32 heavy (non-hydrogen) atoms. The number of carboxylic acid groups (broad SMARTS) is 1. The zero-order valence-corrected chi connectivity index (χ0v) is 18.6. The van der Waals surface area contributed by atoms with E-state index in [4.69, 9.17) is 26.8 Å². The summed E-state index contributed by atoms with van der Waals surface area (Å²) in [5, 5.41) is 11.6. The molecule has 0 bridgehead atoms. The number of thiocarbonyl (C=S) groups is 1. The van der Waals surface area contributed by atoms with E-state index in [0.717, 1.165) is 5.56 Å². The van der Waals surface area contributed by atoms with Crippen LogP contribution in [0.2, 0.25) is 0 Å². The molecule has 8 nitrogen and oxygen atoms in total. The molecule has 1 saturated heterocycles. The molecular weight excluding hydrogens is 432 g/mol. The minimum absolute atomic E-state index is 0.00224. The number of anilines is 1.